The van der Waals surface area contributed by atoms with Crippen LogP contribution in [0.5, 0.6) is 0 Å². The number of nitrogens with one attached hydrogen (secondary N) is 1. The van der Waals surface area contributed by atoms with Crippen LogP contribution in [0.15, 0.2) is 103 Å². The van der Waals surface area contributed by atoms with Gasteiger partial charge >= 0.3 is 5.97 Å². The quantitative estimate of drug-likeness (QED) is 0.1000. The molecule has 0 atom stereocenters. The Hall–Kier alpha value is -4.64. The third kappa shape index (κ3) is 8.14. The third-order valence-electron chi connectivity index (χ3n) is 8.25. The summed E-state index contributed by atoms with van der Waals surface area (Å²) in [4.78, 5) is 26.1. The van der Waals surface area contributed by atoms with Crippen molar-refractivity contribution in [2.24, 2.45) is 11.8 Å². The number of para-hydroxylation sites is 1. The van der Waals surface area contributed by atoms with Gasteiger partial charge in [0, 0.05) is 40.5 Å². The number of hydrogen-bond donors (Lipinski definition) is 1. The van der Waals surface area contributed by atoms with E-state index in [1.165, 1.54) is 22.3 Å². The predicted molar refractivity (Wildman–Crippen MR) is 188 cm³/mol. The minimum absolute atomic E-state index is 0.0534. The lowest BCUT2D eigenvalue weighted by molar-refractivity contribution is -0.143. The first-order valence-corrected chi connectivity index (χ1v) is 16.5. The summed E-state index contributed by atoms with van der Waals surface area (Å²) in [6.07, 6.45) is 4.21. The number of anilines is 1. The summed E-state index contributed by atoms with van der Waals surface area (Å²) >= 11 is 0. The van der Waals surface area contributed by atoms with Crippen molar-refractivity contribution in [3.63, 3.8) is 0 Å². The van der Waals surface area contributed by atoms with Gasteiger partial charge in [-0.2, -0.15) is 0 Å². The molecule has 1 heterocycles. The van der Waals surface area contributed by atoms with E-state index >= 15 is 0 Å². The molecule has 0 unspecified atom stereocenters. The summed E-state index contributed by atoms with van der Waals surface area (Å²) in [6.45, 7) is 11.6. The van der Waals surface area contributed by atoms with Gasteiger partial charge in [0.05, 0.1) is 19.1 Å². The lowest BCUT2D eigenvalue weighted by Crippen LogP contribution is -2.13. The van der Waals surface area contributed by atoms with Crippen LogP contribution in [0.25, 0.3) is 10.9 Å². The number of esters is 1. The van der Waals surface area contributed by atoms with Crippen LogP contribution in [-0.4, -0.2) is 22.9 Å². The van der Waals surface area contributed by atoms with Gasteiger partial charge in [-0.3, -0.25) is 9.59 Å². The van der Waals surface area contributed by atoms with Crippen LogP contribution < -0.4 is 5.32 Å². The number of ketones is 1. The minimum atomic E-state index is -0.245. The molecule has 46 heavy (non-hydrogen) atoms. The van der Waals surface area contributed by atoms with Gasteiger partial charge in [0.15, 0.2) is 5.78 Å². The molecule has 0 saturated carbocycles. The molecule has 0 aliphatic rings. The molecule has 0 aliphatic carbocycles. The van der Waals surface area contributed by atoms with Crippen molar-refractivity contribution in [2.45, 2.75) is 66.5 Å². The molecular weight excluding hydrogens is 568 g/mol. The van der Waals surface area contributed by atoms with Gasteiger partial charge < -0.3 is 14.6 Å². The number of aromatic nitrogens is 1. The highest BCUT2D eigenvalue weighted by Crippen LogP contribution is 2.30. The van der Waals surface area contributed by atoms with Crippen LogP contribution in [0.1, 0.15) is 85.3 Å². The SMILES string of the molecule is CCOC(=O)CCn1cc(C(=O)c2cccc(NC(c3ccc(CC(C)C)cc3)c3ccc(CC(C)C)cc3)c2)c2ccccc21. The molecule has 0 spiro atoms. The monoisotopic (exact) mass is 614 g/mol. The number of ether oxygens (including phenoxy) is 1. The second-order valence-electron chi connectivity index (χ2n) is 13.0. The molecule has 0 amide bonds. The zero-order valence-corrected chi connectivity index (χ0v) is 27.8. The first kappa shape index (κ1) is 32.7. The maximum Gasteiger partial charge on any atom is 0.307 e. The fourth-order valence-electron chi connectivity index (χ4n) is 6.12. The molecule has 1 aromatic heterocycles. The zero-order chi connectivity index (χ0) is 32.6. The van der Waals surface area contributed by atoms with Gasteiger partial charge in [0.1, 0.15) is 0 Å². The molecule has 0 bridgehead atoms. The molecular formula is C41H46N2O3. The average Bonchev–Trinajstić information content (AvgIpc) is 3.41. The molecule has 0 saturated heterocycles. The Morgan fingerprint density at radius 3 is 1.96 bits per heavy atom. The van der Waals surface area contributed by atoms with E-state index in [0.29, 0.717) is 36.1 Å². The number of benzene rings is 4. The van der Waals surface area contributed by atoms with Crippen molar-refractivity contribution in [1.82, 2.24) is 4.57 Å². The normalized spacial score (nSPS) is 11.5. The Bertz CT molecular complexity index is 1710. The lowest BCUT2D eigenvalue weighted by atomic mass is 9.93. The third-order valence-corrected chi connectivity index (χ3v) is 8.25. The summed E-state index contributed by atoms with van der Waals surface area (Å²) in [5, 5.41) is 4.63. The van der Waals surface area contributed by atoms with Gasteiger partial charge in [0.25, 0.3) is 0 Å². The van der Waals surface area contributed by atoms with E-state index in [0.717, 1.165) is 29.4 Å². The molecule has 0 aliphatic heterocycles. The van der Waals surface area contributed by atoms with Crippen molar-refractivity contribution in [2.75, 3.05) is 11.9 Å². The van der Waals surface area contributed by atoms with E-state index in [2.05, 4.69) is 81.5 Å². The van der Waals surface area contributed by atoms with Gasteiger partial charge in [-0.25, -0.2) is 0 Å². The van der Waals surface area contributed by atoms with Crippen LogP contribution in [0, 0.1) is 11.8 Å². The van der Waals surface area contributed by atoms with Gasteiger partial charge in [-0.15, -0.1) is 0 Å². The highest BCUT2D eigenvalue weighted by molar-refractivity contribution is 6.16. The summed E-state index contributed by atoms with van der Waals surface area (Å²) in [7, 11) is 0. The number of carbonyl (C=O) groups is 2. The van der Waals surface area contributed by atoms with E-state index in [9.17, 15) is 9.59 Å². The topological polar surface area (TPSA) is 60.3 Å². The maximum absolute atomic E-state index is 14.0. The van der Waals surface area contributed by atoms with Crippen molar-refractivity contribution >= 4 is 28.3 Å². The lowest BCUT2D eigenvalue weighted by Gasteiger charge is -2.22. The summed E-state index contributed by atoms with van der Waals surface area (Å²) in [6, 6.07) is 33.3. The van der Waals surface area contributed by atoms with Crippen molar-refractivity contribution in [1.29, 1.82) is 0 Å². The highest BCUT2D eigenvalue weighted by Gasteiger charge is 2.19. The summed E-state index contributed by atoms with van der Waals surface area (Å²) < 4.78 is 7.10. The van der Waals surface area contributed by atoms with Crippen LogP contribution in [-0.2, 0) is 28.9 Å². The molecule has 4 aromatic carbocycles. The number of aryl methyl sites for hydroxylation is 1. The van der Waals surface area contributed by atoms with Gasteiger partial charge in [-0.1, -0.05) is 107 Å². The Labute approximate surface area is 273 Å². The van der Waals surface area contributed by atoms with Gasteiger partial charge in [-0.05, 0) is 72.1 Å². The van der Waals surface area contributed by atoms with Crippen LogP contribution in [0.3, 0.4) is 0 Å². The molecule has 1 N–H and O–H groups in total. The average molecular weight is 615 g/mol. The first-order valence-electron chi connectivity index (χ1n) is 16.5. The molecule has 0 radical (unpaired) electrons. The van der Waals surface area contributed by atoms with Crippen LogP contribution >= 0.6 is 0 Å². The summed E-state index contributed by atoms with van der Waals surface area (Å²) in [5.41, 5.74) is 8.03. The minimum Gasteiger partial charge on any atom is -0.466 e. The molecule has 0 fully saturated rings. The maximum atomic E-state index is 14.0. The number of fused-ring (bicyclic) bond motifs is 1. The van der Waals surface area contributed by atoms with E-state index in [-0.39, 0.29) is 24.2 Å². The van der Waals surface area contributed by atoms with E-state index < -0.39 is 0 Å². The van der Waals surface area contributed by atoms with E-state index in [1.807, 2.05) is 59.3 Å². The standard InChI is InChI=1S/C41H46N2O3/c1-6-46-39(44)22-23-43-27-37(36-12-7-8-13-38(36)43)41(45)34-10-9-11-35(26-34)42-40(32-18-14-30(15-19-32)24-28(2)3)33-20-16-31(17-21-33)25-29(4)5/h7-21,26-29,40,42H,6,22-25H2,1-5H3. The number of carbonyl (C=O) groups excluding carboxylic acids is 2. The van der Waals surface area contributed by atoms with Crippen LogP contribution in [0.2, 0.25) is 0 Å². The van der Waals surface area contributed by atoms with E-state index in [4.69, 9.17) is 4.74 Å². The molecule has 5 nitrogen and oxygen atoms in total. The molecule has 5 aromatic rings. The van der Waals surface area contributed by atoms with E-state index in [1.54, 1.807) is 6.92 Å². The number of nitrogens with zero attached hydrogens (tertiary/aromatic N) is 1. The smallest absolute Gasteiger partial charge is 0.307 e. The molecule has 5 heteroatoms. The van der Waals surface area contributed by atoms with Crippen LogP contribution in [0.4, 0.5) is 5.69 Å². The number of hydrogen-bond acceptors (Lipinski definition) is 4. The fourth-order valence-corrected chi connectivity index (χ4v) is 6.12. The predicted octanol–water partition coefficient (Wildman–Crippen LogP) is 9.42. The second kappa shape index (κ2) is 15.1. The van der Waals surface area contributed by atoms with Crippen molar-refractivity contribution in [3.8, 4) is 0 Å². The Balaban J connectivity index is 1.44. The van der Waals surface area contributed by atoms with Crippen molar-refractivity contribution < 1.29 is 14.3 Å². The fraction of sp³-hybridized carbons (Fsp3) is 0.317. The summed E-state index contributed by atoms with van der Waals surface area (Å²) in [5.74, 6) is 0.897. The Morgan fingerprint density at radius 1 is 0.761 bits per heavy atom. The Morgan fingerprint density at radius 2 is 1.37 bits per heavy atom. The second-order valence-corrected chi connectivity index (χ2v) is 13.0. The molecule has 238 valence electrons. The Kier molecular flexibility index (Phi) is 10.7. The molecule has 5 rings (SSSR count). The van der Waals surface area contributed by atoms with Crippen molar-refractivity contribution in [3.05, 3.63) is 137 Å². The zero-order valence-electron chi connectivity index (χ0n) is 27.8. The highest BCUT2D eigenvalue weighted by atomic mass is 16.5. The largest absolute Gasteiger partial charge is 0.466 e. The first-order chi connectivity index (χ1) is 22.2. The van der Waals surface area contributed by atoms with Gasteiger partial charge in [0.2, 0.25) is 0 Å². The number of rotatable bonds is 14.